The van der Waals surface area contributed by atoms with Crippen molar-refractivity contribution in [2.75, 3.05) is 19.6 Å². The fourth-order valence-corrected chi connectivity index (χ4v) is 3.13. The molecular formula is C19H32N2. The van der Waals surface area contributed by atoms with Gasteiger partial charge >= 0.3 is 0 Å². The van der Waals surface area contributed by atoms with E-state index >= 15 is 0 Å². The molecule has 118 valence electrons. The van der Waals surface area contributed by atoms with Crippen molar-refractivity contribution in [1.29, 1.82) is 0 Å². The Morgan fingerprint density at radius 3 is 2.38 bits per heavy atom. The maximum absolute atomic E-state index is 3.69. The minimum absolute atomic E-state index is 0.265. The first-order chi connectivity index (χ1) is 9.79. The van der Waals surface area contributed by atoms with Gasteiger partial charge in [-0.05, 0) is 37.7 Å². The van der Waals surface area contributed by atoms with Crippen molar-refractivity contribution >= 4 is 0 Å². The molecule has 2 nitrogen and oxygen atoms in total. The van der Waals surface area contributed by atoms with Crippen molar-refractivity contribution in [2.24, 2.45) is 5.41 Å². The molecule has 2 rings (SSSR count). The number of hydrogen-bond acceptors (Lipinski definition) is 2. The summed E-state index contributed by atoms with van der Waals surface area (Å²) in [6.45, 7) is 15.2. The lowest BCUT2D eigenvalue weighted by atomic mass is 9.83. The van der Waals surface area contributed by atoms with Gasteiger partial charge in [0.2, 0.25) is 0 Å². The molecule has 1 saturated heterocycles. The fraction of sp³-hybridized carbons (Fsp3) is 0.684. The summed E-state index contributed by atoms with van der Waals surface area (Å²) in [5.41, 5.74) is 2.04. The average Bonchev–Trinajstić information content (AvgIpc) is 2.46. The molecule has 0 amide bonds. The monoisotopic (exact) mass is 288 g/mol. The Morgan fingerprint density at radius 2 is 1.76 bits per heavy atom. The molecule has 1 heterocycles. The Hall–Kier alpha value is -0.860. The summed E-state index contributed by atoms with van der Waals surface area (Å²) < 4.78 is 0. The molecular weight excluding hydrogens is 256 g/mol. The minimum atomic E-state index is 0.265. The van der Waals surface area contributed by atoms with Crippen molar-refractivity contribution in [3.8, 4) is 0 Å². The van der Waals surface area contributed by atoms with Gasteiger partial charge in [0.1, 0.15) is 0 Å². The van der Waals surface area contributed by atoms with Gasteiger partial charge in [0.05, 0.1) is 0 Å². The number of hydrogen-bond donors (Lipinski definition) is 1. The fourth-order valence-electron chi connectivity index (χ4n) is 3.13. The third kappa shape index (κ3) is 4.55. The van der Waals surface area contributed by atoms with E-state index in [9.17, 15) is 0 Å². The third-order valence-electron chi connectivity index (χ3n) is 4.95. The van der Waals surface area contributed by atoms with Crippen LogP contribution in [-0.2, 0) is 6.42 Å². The quantitative estimate of drug-likeness (QED) is 0.908. The summed E-state index contributed by atoms with van der Waals surface area (Å²) in [5, 5.41) is 3.69. The highest BCUT2D eigenvalue weighted by Crippen LogP contribution is 2.27. The summed E-state index contributed by atoms with van der Waals surface area (Å²) in [4.78, 5) is 2.68. The van der Waals surface area contributed by atoms with E-state index in [0.29, 0.717) is 11.5 Å². The van der Waals surface area contributed by atoms with Crippen LogP contribution in [0.4, 0.5) is 0 Å². The van der Waals surface area contributed by atoms with Gasteiger partial charge in [-0.1, -0.05) is 51.1 Å². The van der Waals surface area contributed by atoms with E-state index in [1.54, 1.807) is 0 Å². The second kappa shape index (κ2) is 6.50. The van der Waals surface area contributed by atoms with Crippen LogP contribution in [0, 0.1) is 5.41 Å². The largest absolute Gasteiger partial charge is 0.311 e. The van der Waals surface area contributed by atoms with Crippen LogP contribution >= 0.6 is 0 Å². The molecule has 1 aromatic rings. The Kier molecular flexibility index (Phi) is 5.11. The van der Waals surface area contributed by atoms with Gasteiger partial charge in [-0.15, -0.1) is 0 Å². The first-order valence-electron chi connectivity index (χ1n) is 8.31. The van der Waals surface area contributed by atoms with Gasteiger partial charge in [-0.25, -0.2) is 0 Å². The van der Waals surface area contributed by atoms with Crippen LogP contribution in [0.5, 0.6) is 0 Å². The minimum Gasteiger partial charge on any atom is -0.311 e. The van der Waals surface area contributed by atoms with E-state index in [1.807, 2.05) is 0 Å². The Bertz CT molecular complexity index is 431. The molecule has 0 aliphatic carbocycles. The molecule has 1 N–H and O–H groups in total. The predicted octanol–water partition coefficient (Wildman–Crippen LogP) is 3.72. The first kappa shape index (κ1) is 16.5. The average molecular weight is 288 g/mol. The number of aryl methyl sites for hydroxylation is 1. The van der Waals surface area contributed by atoms with Crippen LogP contribution in [0.1, 0.15) is 46.6 Å². The predicted molar refractivity (Wildman–Crippen MR) is 91.7 cm³/mol. The summed E-state index contributed by atoms with van der Waals surface area (Å²) in [5.74, 6) is 0. The van der Waals surface area contributed by atoms with Crippen LogP contribution in [0.3, 0.4) is 0 Å². The Balaban J connectivity index is 1.95. The molecule has 2 heteroatoms. The topological polar surface area (TPSA) is 15.3 Å². The number of nitrogens with one attached hydrogen (secondary N) is 1. The number of piperazine rings is 1. The Morgan fingerprint density at radius 1 is 1.10 bits per heavy atom. The molecule has 1 unspecified atom stereocenters. The Labute approximate surface area is 130 Å². The van der Waals surface area contributed by atoms with Gasteiger partial charge in [-0.2, -0.15) is 0 Å². The van der Waals surface area contributed by atoms with Crippen LogP contribution in [-0.4, -0.2) is 36.1 Å². The van der Waals surface area contributed by atoms with Crippen molar-refractivity contribution in [1.82, 2.24) is 10.2 Å². The van der Waals surface area contributed by atoms with E-state index in [1.165, 1.54) is 12.0 Å². The summed E-state index contributed by atoms with van der Waals surface area (Å²) in [6.07, 6.45) is 2.38. The van der Waals surface area contributed by atoms with E-state index < -0.39 is 0 Å². The lowest BCUT2D eigenvalue weighted by Crippen LogP contribution is -2.61. The number of nitrogens with zero attached hydrogens (tertiary/aromatic N) is 1. The summed E-state index contributed by atoms with van der Waals surface area (Å²) >= 11 is 0. The standard InChI is InChI=1S/C19H32N2/c1-18(2,3)17-15-21(14-13-20-17)19(4,5)12-11-16-9-7-6-8-10-16/h6-10,17,20H,11-15H2,1-5H3. The van der Waals surface area contributed by atoms with E-state index in [0.717, 1.165) is 26.1 Å². The highest BCUT2D eigenvalue weighted by atomic mass is 15.2. The zero-order chi connectivity index (χ0) is 15.5. The van der Waals surface area contributed by atoms with Crippen LogP contribution < -0.4 is 5.32 Å². The first-order valence-corrected chi connectivity index (χ1v) is 8.31. The highest BCUT2D eigenvalue weighted by Gasteiger charge is 2.35. The molecule has 0 radical (unpaired) electrons. The molecule has 1 aromatic carbocycles. The molecule has 0 spiro atoms. The molecule has 1 aliphatic rings. The van der Waals surface area contributed by atoms with Gasteiger partial charge in [0.15, 0.2) is 0 Å². The molecule has 1 aliphatic heterocycles. The lowest BCUT2D eigenvalue weighted by molar-refractivity contribution is 0.0485. The number of benzene rings is 1. The van der Waals surface area contributed by atoms with Crippen molar-refractivity contribution < 1.29 is 0 Å². The SMILES string of the molecule is CC(C)(C)C1CN(C(C)(C)CCc2ccccc2)CCN1. The summed E-state index contributed by atoms with van der Waals surface area (Å²) in [6, 6.07) is 11.4. The zero-order valence-electron chi connectivity index (χ0n) is 14.4. The second-order valence-electron chi connectivity index (χ2n) is 8.12. The highest BCUT2D eigenvalue weighted by molar-refractivity contribution is 5.15. The lowest BCUT2D eigenvalue weighted by Gasteiger charge is -2.47. The van der Waals surface area contributed by atoms with E-state index in [4.69, 9.17) is 0 Å². The maximum atomic E-state index is 3.69. The molecule has 0 bridgehead atoms. The molecule has 1 fully saturated rings. The molecule has 21 heavy (non-hydrogen) atoms. The van der Waals surface area contributed by atoms with Crippen LogP contribution in [0.25, 0.3) is 0 Å². The van der Waals surface area contributed by atoms with E-state index in [2.05, 4.69) is 75.2 Å². The van der Waals surface area contributed by atoms with Gasteiger partial charge in [0, 0.05) is 31.2 Å². The second-order valence-corrected chi connectivity index (χ2v) is 8.12. The molecule has 1 atom stereocenters. The molecule has 0 saturated carbocycles. The zero-order valence-corrected chi connectivity index (χ0v) is 14.4. The van der Waals surface area contributed by atoms with Crippen molar-refractivity contribution in [3.63, 3.8) is 0 Å². The van der Waals surface area contributed by atoms with Crippen LogP contribution in [0.15, 0.2) is 30.3 Å². The number of rotatable bonds is 4. The smallest absolute Gasteiger partial charge is 0.0244 e. The van der Waals surface area contributed by atoms with Crippen molar-refractivity contribution in [3.05, 3.63) is 35.9 Å². The van der Waals surface area contributed by atoms with Gasteiger partial charge in [-0.3, -0.25) is 4.90 Å². The van der Waals surface area contributed by atoms with Gasteiger partial charge in [0.25, 0.3) is 0 Å². The van der Waals surface area contributed by atoms with Crippen LogP contribution in [0.2, 0.25) is 0 Å². The van der Waals surface area contributed by atoms with Gasteiger partial charge < -0.3 is 5.32 Å². The van der Waals surface area contributed by atoms with Crippen molar-refractivity contribution in [2.45, 2.75) is 59.0 Å². The molecule has 0 aromatic heterocycles. The maximum Gasteiger partial charge on any atom is 0.0244 e. The summed E-state index contributed by atoms with van der Waals surface area (Å²) in [7, 11) is 0. The third-order valence-corrected chi connectivity index (χ3v) is 4.95. The normalized spacial score (nSPS) is 21.5. The van der Waals surface area contributed by atoms with E-state index in [-0.39, 0.29) is 5.54 Å².